The molecule has 1 aromatic carbocycles. The molecule has 1 atom stereocenters. The third-order valence-electron chi connectivity index (χ3n) is 3.40. The van der Waals surface area contributed by atoms with Gasteiger partial charge in [0.25, 0.3) is 0 Å². The molecule has 2 aromatic rings. The van der Waals surface area contributed by atoms with Crippen molar-refractivity contribution in [1.82, 2.24) is 14.8 Å². The second kappa shape index (κ2) is 4.92. The number of benzene rings is 1. The molecule has 0 spiro atoms. The number of halogens is 2. The molecular weight excluding hydrogens is 268 g/mol. The SMILES string of the molecule is CC(C)(CO)[C@@](O)(c1ccc(F)cc1F)n1cncn1. The molecular formula is C13H15F2N3O2. The number of hydrogen-bond donors (Lipinski definition) is 2. The van der Waals surface area contributed by atoms with E-state index < -0.39 is 29.4 Å². The standard InChI is InChI=1S/C13H15F2N3O2/c1-12(2,6-19)13(20,18-8-16-7-17-18)10-4-3-9(14)5-11(10)15/h3-5,7-8,19-20H,6H2,1-2H3/t13-/m0/s1. The van der Waals surface area contributed by atoms with Crippen molar-refractivity contribution in [3.8, 4) is 0 Å². The molecule has 0 fully saturated rings. The fourth-order valence-corrected chi connectivity index (χ4v) is 2.06. The van der Waals surface area contributed by atoms with E-state index in [2.05, 4.69) is 10.1 Å². The first-order chi connectivity index (χ1) is 9.33. The van der Waals surface area contributed by atoms with Crippen LogP contribution >= 0.6 is 0 Å². The van der Waals surface area contributed by atoms with Crippen LogP contribution in [0.15, 0.2) is 30.9 Å². The Morgan fingerprint density at radius 1 is 1.30 bits per heavy atom. The zero-order chi connectivity index (χ0) is 15.0. The van der Waals surface area contributed by atoms with Crippen molar-refractivity contribution in [2.75, 3.05) is 6.61 Å². The molecule has 7 heteroatoms. The largest absolute Gasteiger partial charge is 0.396 e. The highest BCUT2D eigenvalue weighted by molar-refractivity contribution is 5.27. The van der Waals surface area contributed by atoms with Gasteiger partial charge in [-0.1, -0.05) is 13.8 Å². The summed E-state index contributed by atoms with van der Waals surface area (Å²) >= 11 is 0. The lowest BCUT2D eigenvalue weighted by molar-refractivity contribution is -0.130. The molecule has 0 aliphatic carbocycles. The Morgan fingerprint density at radius 2 is 2.00 bits per heavy atom. The van der Waals surface area contributed by atoms with Gasteiger partial charge in [-0.25, -0.2) is 18.4 Å². The van der Waals surface area contributed by atoms with Crippen LogP contribution in [0.1, 0.15) is 19.4 Å². The minimum Gasteiger partial charge on any atom is -0.396 e. The van der Waals surface area contributed by atoms with Crippen LogP contribution in [0.2, 0.25) is 0 Å². The van der Waals surface area contributed by atoms with Crippen molar-refractivity contribution in [3.05, 3.63) is 48.1 Å². The Balaban J connectivity index is 2.70. The smallest absolute Gasteiger partial charge is 0.196 e. The first kappa shape index (κ1) is 14.5. The molecule has 2 N–H and O–H groups in total. The highest BCUT2D eigenvalue weighted by Gasteiger charge is 2.49. The predicted octanol–water partition coefficient (Wildman–Crippen LogP) is 1.27. The van der Waals surface area contributed by atoms with Crippen LogP contribution in [0.3, 0.4) is 0 Å². The van der Waals surface area contributed by atoms with Crippen molar-refractivity contribution in [2.45, 2.75) is 19.6 Å². The first-order valence-corrected chi connectivity index (χ1v) is 5.97. The molecule has 0 saturated heterocycles. The first-order valence-electron chi connectivity index (χ1n) is 5.97. The van der Waals surface area contributed by atoms with Gasteiger partial charge in [0, 0.05) is 17.0 Å². The lowest BCUT2D eigenvalue weighted by atomic mass is 9.77. The van der Waals surface area contributed by atoms with Crippen LogP contribution in [0.25, 0.3) is 0 Å². The van der Waals surface area contributed by atoms with E-state index in [1.54, 1.807) is 0 Å². The van der Waals surface area contributed by atoms with E-state index in [1.165, 1.54) is 26.5 Å². The van der Waals surface area contributed by atoms with Crippen LogP contribution < -0.4 is 0 Å². The number of aromatic nitrogens is 3. The van der Waals surface area contributed by atoms with Gasteiger partial charge in [0.1, 0.15) is 24.3 Å². The third kappa shape index (κ3) is 2.08. The summed E-state index contributed by atoms with van der Waals surface area (Å²) in [6.07, 6.45) is 2.39. The molecule has 0 amide bonds. The van der Waals surface area contributed by atoms with Crippen molar-refractivity contribution < 1.29 is 19.0 Å². The van der Waals surface area contributed by atoms with E-state index in [1.807, 2.05) is 0 Å². The van der Waals surface area contributed by atoms with E-state index in [9.17, 15) is 19.0 Å². The summed E-state index contributed by atoms with van der Waals surface area (Å²) in [6.45, 7) is 2.63. The van der Waals surface area contributed by atoms with Crippen molar-refractivity contribution in [1.29, 1.82) is 0 Å². The molecule has 5 nitrogen and oxygen atoms in total. The monoisotopic (exact) mass is 283 g/mol. The van der Waals surface area contributed by atoms with Crippen LogP contribution in [0.4, 0.5) is 8.78 Å². The van der Waals surface area contributed by atoms with E-state index in [0.29, 0.717) is 6.07 Å². The van der Waals surface area contributed by atoms with E-state index >= 15 is 0 Å². The Hall–Kier alpha value is -1.86. The van der Waals surface area contributed by atoms with E-state index in [-0.39, 0.29) is 5.56 Å². The predicted molar refractivity (Wildman–Crippen MR) is 66.5 cm³/mol. The number of nitrogens with zero attached hydrogens (tertiary/aromatic N) is 3. The zero-order valence-electron chi connectivity index (χ0n) is 11.1. The number of aliphatic hydroxyl groups excluding tert-OH is 1. The Morgan fingerprint density at radius 3 is 2.50 bits per heavy atom. The number of rotatable bonds is 4. The molecule has 2 rings (SSSR count). The van der Waals surface area contributed by atoms with Crippen LogP contribution in [0.5, 0.6) is 0 Å². The lowest BCUT2D eigenvalue weighted by Crippen LogP contribution is -2.51. The molecule has 0 unspecified atom stereocenters. The normalized spacial score (nSPS) is 15.1. The average Bonchev–Trinajstić information content (AvgIpc) is 2.92. The van der Waals surface area contributed by atoms with Gasteiger partial charge < -0.3 is 10.2 Å². The Kier molecular flexibility index (Phi) is 3.58. The summed E-state index contributed by atoms with van der Waals surface area (Å²) in [6, 6.07) is 2.84. The molecule has 1 aromatic heterocycles. The fourth-order valence-electron chi connectivity index (χ4n) is 2.06. The average molecular weight is 283 g/mol. The maximum atomic E-state index is 14.1. The van der Waals surface area contributed by atoms with Gasteiger partial charge in [-0.15, -0.1) is 0 Å². The summed E-state index contributed by atoms with van der Waals surface area (Å²) < 4.78 is 28.2. The van der Waals surface area contributed by atoms with Crippen LogP contribution in [0, 0.1) is 17.0 Å². The zero-order valence-corrected chi connectivity index (χ0v) is 11.1. The van der Waals surface area contributed by atoms with Gasteiger partial charge in [-0.2, -0.15) is 5.10 Å². The second-order valence-electron chi connectivity index (χ2n) is 5.18. The van der Waals surface area contributed by atoms with E-state index in [0.717, 1.165) is 16.8 Å². The third-order valence-corrected chi connectivity index (χ3v) is 3.40. The number of hydrogen-bond acceptors (Lipinski definition) is 4. The quantitative estimate of drug-likeness (QED) is 0.886. The maximum absolute atomic E-state index is 14.1. The van der Waals surface area contributed by atoms with Crippen molar-refractivity contribution >= 4 is 0 Å². The fraction of sp³-hybridized carbons (Fsp3) is 0.385. The van der Waals surface area contributed by atoms with Gasteiger partial charge in [-0.3, -0.25) is 0 Å². The van der Waals surface area contributed by atoms with Gasteiger partial charge in [0.15, 0.2) is 5.72 Å². The maximum Gasteiger partial charge on any atom is 0.196 e. The lowest BCUT2D eigenvalue weighted by Gasteiger charge is -2.41. The van der Waals surface area contributed by atoms with Gasteiger partial charge in [-0.05, 0) is 12.1 Å². The molecule has 0 radical (unpaired) electrons. The summed E-state index contributed by atoms with van der Waals surface area (Å²) in [4.78, 5) is 3.72. The van der Waals surface area contributed by atoms with Crippen LogP contribution in [-0.4, -0.2) is 31.6 Å². The molecule has 0 aliphatic rings. The summed E-state index contributed by atoms with van der Waals surface area (Å²) in [5.41, 5.74) is -3.38. The molecule has 0 bridgehead atoms. The molecule has 108 valence electrons. The summed E-state index contributed by atoms with van der Waals surface area (Å²) in [5.74, 6) is -1.68. The molecule has 20 heavy (non-hydrogen) atoms. The minimum absolute atomic E-state index is 0.191. The minimum atomic E-state index is -2.00. The van der Waals surface area contributed by atoms with Gasteiger partial charge in [0.05, 0.1) is 6.61 Å². The van der Waals surface area contributed by atoms with E-state index in [4.69, 9.17) is 0 Å². The number of aliphatic hydroxyl groups is 2. The van der Waals surface area contributed by atoms with Crippen LogP contribution in [-0.2, 0) is 5.72 Å². The highest BCUT2D eigenvalue weighted by Crippen LogP contribution is 2.41. The Bertz CT molecular complexity index is 602. The molecule has 1 heterocycles. The van der Waals surface area contributed by atoms with Gasteiger partial charge >= 0.3 is 0 Å². The topological polar surface area (TPSA) is 71.2 Å². The Labute approximate surface area is 114 Å². The molecule has 0 saturated carbocycles. The summed E-state index contributed by atoms with van der Waals surface area (Å²) in [5, 5.41) is 24.3. The van der Waals surface area contributed by atoms with Crippen molar-refractivity contribution in [2.24, 2.45) is 5.41 Å². The summed E-state index contributed by atoms with van der Waals surface area (Å²) in [7, 11) is 0. The second-order valence-corrected chi connectivity index (χ2v) is 5.18. The highest BCUT2D eigenvalue weighted by atomic mass is 19.1. The van der Waals surface area contributed by atoms with Gasteiger partial charge in [0.2, 0.25) is 0 Å². The molecule has 0 aliphatic heterocycles. The van der Waals surface area contributed by atoms with Crippen molar-refractivity contribution in [3.63, 3.8) is 0 Å².